The average molecular weight is 129 g/mol. The van der Waals surface area contributed by atoms with Gasteiger partial charge < -0.3 is 10.7 Å². The van der Waals surface area contributed by atoms with Crippen molar-refractivity contribution in [1.29, 1.82) is 0 Å². The van der Waals surface area contributed by atoms with Crippen molar-refractivity contribution in [3.8, 4) is 0 Å². The molecule has 0 bridgehead atoms. The fourth-order valence-corrected chi connectivity index (χ4v) is 0.384. The molecule has 0 aromatic carbocycles. The number of hydrogen-bond acceptors (Lipinski definition) is 3. The number of hydrogen-bond donors (Lipinski definition) is 2. The first kappa shape index (κ1) is 8.30. The zero-order valence-electron chi connectivity index (χ0n) is 6.26. The lowest BCUT2D eigenvalue weighted by atomic mass is 10.2. The normalized spacial score (nSPS) is 12.3. The van der Waals surface area contributed by atoms with Gasteiger partial charge in [0.2, 0.25) is 0 Å². The maximum atomic E-state index is 5.56. The molecule has 0 atom stereocenters. The minimum atomic E-state index is 0.371. The monoisotopic (exact) mass is 129 g/mol. The SMILES string of the molecule is CC(C)/C(N)=C/N(C)N. The van der Waals surface area contributed by atoms with Gasteiger partial charge in [-0.3, -0.25) is 0 Å². The standard InChI is InChI=1S/C6H15N3/c1-5(2)6(7)4-9(3)8/h4-5H,7-8H2,1-3H3/b6-4-. The van der Waals surface area contributed by atoms with Crippen LogP contribution in [-0.4, -0.2) is 12.1 Å². The van der Waals surface area contributed by atoms with E-state index >= 15 is 0 Å². The van der Waals surface area contributed by atoms with E-state index in [9.17, 15) is 0 Å². The van der Waals surface area contributed by atoms with Gasteiger partial charge >= 0.3 is 0 Å². The summed E-state index contributed by atoms with van der Waals surface area (Å²) in [4.78, 5) is 0. The summed E-state index contributed by atoms with van der Waals surface area (Å²) in [7, 11) is 1.75. The molecule has 0 saturated carbocycles. The highest BCUT2D eigenvalue weighted by molar-refractivity contribution is 4.96. The average Bonchev–Trinajstić information content (AvgIpc) is 1.63. The Morgan fingerprint density at radius 1 is 1.56 bits per heavy atom. The second kappa shape index (κ2) is 3.35. The first-order valence-electron chi connectivity index (χ1n) is 2.98. The maximum Gasteiger partial charge on any atom is 0.0342 e. The highest BCUT2D eigenvalue weighted by Crippen LogP contribution is 2.00. The van der Waals surface area contributed by atoms with E-state index in [1.807, 2.05) is 13.8 Å². The molecule has 0 heterocycles. The van der Waals surface area contributed by atoms with E-state index in [2.05, 4.69) is 0 Å². The van der Waals surface area contributed by atoms with E-state index in [1.165, 1.54) is 5.01 Å². The molecule has 0 aliphatic rings. The van der Waals surface area contributed by atoms with Gasteiger partial charge in [0, 0.05) is 18.9 Å². The first-order chi connectivity index (χ1) is 4.04. The first-order valence-corrected chi connectivity index (χ1v) is 2.98. The van der Waals surface area contributed by atoms with Gasteiger partial charge in [0.15, 0.2) is 0 Å². The van der Waals surface area contributed by atoms with Crippen molar-refractivity contribution in [3.05, 3.63) is 11.9 Å². The van der Waals surface area contributed by atoms with Crippen molar-refractivity contribution in [2.24, 2.45) is 17.5 Å². The third kappa shape index (κ3) is 3.85. The van der Waals surface area contributed by atoms with Crippen LogP contribution in [-0.2, 0) is 0 Å². The predicted molar refractivity (Wildman–Crippen MR) is 39.1 cm³/mol. The molecule has 3 heteroatoms. The van der Waals surface area contributed by atoms with Gasteiger partial charge in [-0.2, -0.15) is 0 Å². The largest absolute Gasteiger partial charge is 0.401 e. The topological polar surface area (TPSA) is 55.3 Å². The molecular formula is C6H15N3. The van der Waals surface area contributed by atoms with E-state index in [4.69, 9.17) is 11.6 Å². The van der Waals surface area contributed by atoms with E-state index in [-0.39, 0.29) is 0 Å². The van der Waals surface area contributed by atoms with Crippen LogP contribution in [0.4, 0.5) is 0 Å². The van der Waals surface area contributed by atoms with Gasteiger partial charge in [0.05, 0.1) is 0 Å². The number of hydrazine groups is 1. The van der Waals surface area contributed by atoms with Crippen LogP contribution in [0, 0.1) is 5.92 Å². The molecule has 0 spiro atoms. The summed E-state index contributed by atoms with van der Waals surface area (Å²) < 4.78 is 0. The Morgan fingerprint density at radius 3 is 2.11 bits per heavy atom. The van der Waals surface area contributed by atoms with E-state index < -0.39 is 0 Å². The van der Waals surface area contributed by atoms with Crippen molar-refractivity contribution in [2.75, 3.05) is 7.05 Å². The Kier molecular flexibility index (Phi) is 3.09. The third-order valence-corrected chi connectivity index (χ3v) is 1.02. The fraction of sp³-hybridized carbons (Fsp3) is 0.667. The highest BCUT2D eigenvalue weighted by Gasteiger charge is 1.95. The fourth-order valence-electron chi connectivity index (χ4n) is 0.384. The lowest BCUT2D eigenvalue weighted by Crippen LogP contribution is -2.22. The van der Waals surface area contributed by atoms with E-state index in [1.54, 1.807) is 13.2 Å². The van der Waals surface area contributed by atoms with Crippen molar-refractivity contribution < 1.29 is 0 Å². The van der Waals surface area contributed by atoms with Crippen LogP contribution in [0.3, 0.4) is 0 Å². The Hall–Kier alpha value is -0.700. The van der Waals surface area contributed by atoms with Crippen LogP contribution in [0.2, 0.25) is 0 Å². The Morgan fingerprint density at radius 2 is 2.00 bits per heavy atom. The quantitative estimate of drug-likeness (QED) is 0.415. The molecule has 0 aromatic rings. The van der Waals surface area contributed by atoms with Gasteiger partial charge in [-0.05, 0) is 5.92 Å². The second-order valence-corrected chi connectivity index (χ2v) is 2.45. The van der Waals surface area contributed by atoms with Gasteiger partial charge in [-0.25, -0.2) is 5.84 Å². The molecule has 0 rings (SSSR count). The molecule has 0 aromatic heterocycles. The van der Waals surface area contributed by atoms with Crippen LogP contribution in [0.25, 0.3) is 0 Å². The van der Waals surface area contributed by atoms with Gasteiger partial charge in [0.25, 0.3) is 0 Å². The summed E-state index contributed by atoms with van der Waals surface area (Å²) in [5, 5.41) is 1.45. The lowest BCUT2D eigenvalue weighted by molar-refractivity contribution is 0.472. The zero-order chi connectivity index (χ0) is 7.44. The second-order valence-electron chi connectivity index (χ2n) is 2.45. The lowest BCUT2D eigenvalue weighted by Gasteiger charge is -2.09. The van der Waals surface area contributed by atoms with Crippen LogP contribution < -0.4 is 11.6 Å². The van der Waals surface area contributed by atoms with Gasteiger partial charge in [-0.15, -0.1) is 0 Å². The maximum absolute atomic E-state index is 5.56. The van der Waals surface area contributed by atoms with Crippen molar-refractivity contribution >= 4 is 0 Å². The molecule has 0 radical (unpaired) electrons. The summed E-state index contributed by atoms with van der Waals surface area (Å²) >= 11 is 0. The van der Waals surface area contributed by atoms with Gasteiger partial charge in [-0.1, -0.05) is 13.8 Å². The van der Waals surface area contributed by atoms with E-state index in [0.29, 0.717) is 5.92 Å². The number of nitrogens with zero attached hydrogens (tertiary/aromatic N) is 1. The number of rotatable bonds is 2. The molecule has 0 aliphatic heterocycles. The molecule has 0 saturated heterocycles. The molecule has 0 fully saturated rings. The summed E-state index contributed by atoms with van der Waals surface area (Å²) in [5.74, 6) is 5.68. The minimum absolute atomic E-state index is 0.371. The Balaban J connectivity index is 3.84. The number of nitrogens with two attached hydrogens (primary N) is 2. The third-order valence-electron chi connectivity index (χ3n) is 1.02. The summed E-state index contributed by atoms with van der Waals surface area (Å²) in [6, 6.07) is 0. The van der Waals surface area contributed by atoms with Crippen LogP contribution >= 0.6 is 0 Å². The molecule has 9 heavy (non-hydrogen) atoms. The molecule has 54 valence electrons. The molecule has 4 N–H and O–H groups in total. The summed E-state index contributed by atoms with van der Waals surface area (Å²) in [5.41, 5.74) is 6.36. The van der Waals surface area contributed by atoms with Crippen molar-refractivity contribution in [2.45, 2.75) is 13.8 Å². The zero-order valence-corrected chi connectivity index (χ0v) is 6.26. The highest BCUT2D eigenvalue weighted by atomic mass is 15.4. The van der Waals surface area contributed by atoms with Crippen LogP contribution in [0.5, 0.6) is 0 Å². The minimum Gasteiger partial charge on any atom is -0.401 e. The van der Waals surface area contributed by atoms with Crippen molar-refractivity contribution in [1.82, 2.24) is 5.01 Å². The van der Waals surface area contributed by atoms with Crippen LogP contribution in [0.15, 0.2) is 11.9 Å². The smallest absolute Gasteiger partial charge is 0.0342 e. The molecule has 0 amide bonds. The van der Waals surface area contributed by atoms with Gasteiger partial charge in [0.1, 0.15) is 0 Å². The van der Waals surface area contributed by atoms with Crippen LogP contribution in [0.1, 0.15) is 13.8 Å². The molecular weight excluding hydrogens is 114 g/mol. The van der Waals surface area contributed by atoms with Crippen molar-refractivity contribution in [3.63, 3.8) is 0 Å². The molecule has 0 unspecified atom stereocenters. The Bertz CT molecular complexity index is 105. The molecule has 0 aliphatic carbocycles. The number of allylic oxidation sites excluding steroid dienone is 1. The summed E-state index contributed by atoms with van der Waals surface area (Å²) in [6.07, 6.45) is 1.71. The van der Waals surface area contributed by atoms with E-state index in [0.717, 1.165) is 5.70 Å². The summed E-state index contributed by atoms with van der Waals surface area (Å²) in [6.45, 7) is 4.05. The predicted octanol–water partition coefficient (Wildman–Crippen LogP) is 0.248. The Labute approximate surface area is 56.3 Å². The molecule has 3 nitrogen and oxygen atoms in total.